The Hall–Kier alpha value is -3.39. The van der Waals surface area contributed by atoms with Gasteiger partial charge >= 0.3 is 11.9 Å². The zero-order chi connectivity index (χ0) is 22.0. The number of nitrogen functional groups attached to an aromatic ring is 1. The van der Waals surface area contributed by atoms with Crippen molar-refractivity contribution < 1.29 is 34.2 Å². The number of allylic oxidation sites excluding steroid dienone is 1. The Kier molecular flexibility index (Phi) is 6.07. The fourth-order valence-corrected chi connectivity index (χ4v) is 4.69. The third-order valence-electron chi connectivity index (χ3n) is 4.13. The molecule has 0 bridgehead atoms. The summed E-state index contributed by atoms with van der Waals surface area (Å²) >= 11 is 2.31. The van der Waals surface area contributed by atoms with E-state index in [0.717, 1.165) is 16.2 Å². The SMILES string of the molecule is C=CC1=C(C(=O)OCC(=O)O)N2C(=O)C(NC(=O)C(=NO)c3csc(N)n3)[C@@H]2SC1. The van der Waals surface area contributed by atoms with E-state index in [0.29, 0.717) is 5.57 Å². The number of rotatable bonds is 7. The maximum absolute atomic E-state index is 12.7. The number of carbonyl (C=O) groups is 4. The lowest BCUT2D eigenvalue weighted by molar-refractivity contribution is -0.157. The number of β-lactam (4-membered cyclic amide) rings is 1. The zero-order valence-electron chi connectivity index (χ0n) is 15.1. The Labute approximate surface area is 177 Å². The van der Waals surface area contributed by atoms with Crippen molar-refractivity contribution in [1.29, 1.82) is 0 Å². The highest BCUT2D eigenvalue weighted by Gasteiger charge is 2.54. The van der Waals surface area contributed by atoms with Gasteiger partial charge in [0.15, 0.2) is 17.5 Å². The summed E-state index contributed by atoms with van der Waals surface area (Å²) in [5.41, 5.74) is 5.43. The minimum Gasteiger partial charge on any atom is -0.479 e. The number of aliphatic carboxylic acids is 1. The molecule has 2 aliphatic heterocycles. The van der Waals surface area contributed by atoms with Crippen molar-refractivity contribution in [2.45, 2.75) is 11.4 Å². The maximum atomic E-state index is 12.7. The van der Waals surface area contributed by atoms with Crippen LogP contribution in [0.1, 0.15) is 5.69 Å². The number of nitrogens with one attached hydrogen (secondary N) is 1. The molecule has 2 amide bonds. The molecule has 0 aromatic carbocycles. The lowest BCUT2D eigenvalue weighted by Crippen LogP contribution is -2.71. The number of carbonyl (C=O) groups excluding carboxylic acids is 3. The molecule has 1 aromatic heterocycles. The first-order valence-electron chi connectivity index (χ1n) is 8.22. The number of thioether (sulfide) groups is 1. The van der Waals surface area contributed by atoms with E-state index in [4.69, 9.17) is 20.8 Å². The molecular weight excluding hydrogens is 438 g/mol. The van der Waals surface area contributed by atoms with Gasteiger partial charge in [-0.15, -0.1) is 23.1 Å². The van der Waals surface area contributed by atoms with Crippen LogP contribution in [-0.4, -0.2) is 73.4 Å². The smallest absolute Gasteiger partial charge is 0.355 e. The van der Waals surface area contributed by atoms with Crippen molar-refractivity contribution in [1.82, 2.24) is 15.2 Å². The lowest BCUT2D eigenvalue weighted by Gasteiger charge is -2.49. The molecule has 1 fully saturated rings. The molecule has 3 rings (SSSR count). The molecule has 1 saturated heterocycles. The summed E-state index contributed by atoms with van der Waals surface area (Å²) in [4.78, 5) is 53.1. The summed E-state index contributed by atoms with van der Waals surface area (Å²) in [5.74, 6) is -3.51. The number of thiazole rings is 1. The Morgan fingerprint density at radius 1 is 1.50 bits per heavy atom. The standard InChI is InChI=1S/C16H15N5O7S2/c1-2-6-4-29-14-10(13(25)21(14)11(6)15(26)28-3-8(22)23)19-12(24)9(20-27)7-5-30-16(17)18-7/h2,5,10,14,27H,1,3-4H2,(H2,17,18)(H,19,24)(H,22,23)/t10?,14-/m0/s1. The third kappa shape index (κ3) is 3.86. The number of carboxylic acids is 1. The van der Waals surface area contributed by atoms with E-state index in [2.05, 4.69) is 22.0 Å². The molecule has 0 saturated carbocycles. The zero-order valence-corrected chi connectivity index (χ0v) is 16.7. The molecule has 30 heavy (non-hydrogen) atoms. The van der Waals surface area contributed by atoms with E-state index < -0.39 is 47.5 Å². The quantitative estimate of drug-likeness (QED) is 0.136. The van der Waals surface area contributed by atoms with Gasteiger partial charge in [0.1, 0.15) is 22.8 Å². The number of aromatic nitrogens is 1. The Balaban J connectivity index is 1.76. The van der Waals surface area contributed by atoms with Gasteiger partial charge in [-0.25, -0.2) is 14.6 Å². The predicted molar refractivity (Wildman–Crippen MR) is 106 cm³/mol. The van der Waals surface area contributed by atoms with Crippen molar-refractivity contribution in [3.8, 4) is 0 Å². The van der Waals surface area contributed by atoms with Gasteiger partial charge in [-0.2, -0.15) is 0 Å². The van der Waals surface area contributed by atoms with Gasteiger partial charge in [-0.3, -0.25) is 14.5 Å². The molecule has 1 unspecified atom stereocenters. The van der Waals surface area contributed by atoms with E-state index in [-0.39, 0.29) is 22.3 Å². The average Bonchev–Trinajstić information content (AvgIpc) is 3.15. The van der Waals surface area contributed by atoms with Gasteiger partial charge in [0, 0.05) is 11.1 Å². The van der Waals surface area contributed by atoms with Crippen LogP contribution in [0.3, 0.4) is 0 Å². The van der Waals surface area contributed by atoms with E-state index in [1.54, 1.807) is 0 Å². The minimum atomic E-state index is -1.34. The molecule has 3 heterocycles. The number of nitrogens with zero attached hydrogens (tertiary/aromatic N) is 3. The fraction of sp³-hybridized carbons (Fsp3) is 0.250. The first-order chi connectivity index (χ1) is 14.3. The second-order valence-corrected chi connectivity index (χ2v) is 7.92. The number of anilines is 1. The molecule has 158 valence electrons. The second kappa shape index (κ2) is 8.54. The van der Waals surface area contributed by atoms with Crippen molar-refractivity contribution in [3.63, 3.8) is 0 Å². The fourth-order valence-electron chi connectivity index (χ4n) is 2.80. The summed E-state index contributed by atoms with van der Waals surface area (Å²) in [6.07, 6.45) is 1.38. The topological polar surface area (TPSA) is 185 Å². The summed E-state index contributed by atoms with van der Waals surface area (Å²) in [6, 6.07) is -1.01. The number of esters is 1. The van der Waals surface area contributed by atoms with Crippen molar-refractivity contribution in [3.05, 3.63) is 35.0 Å². The lowest BCUT2D eigenvalue weighted by atomic mass is 10.0. The first-order valence-corrected chi connectivity index (χ1v) is 10.1. The number of carboxylic acid groups (broad SMARTS) is 1. The van der Waals surface area contributed by atoms with Crippen LogP contribution in [0.4, 0.5) is 5.13 Å². The van der Waals surface area contributed by atoms with E-state index >= 15 is 0 Å². The Morgan fingerprint density at radius 2 is 2.23 bits per heavy atom. The van der Waals surface area contributed by atoms with E-state index in [9.17, 15) is 19.2 Å². The normalized spacial score (nSPS) is 20.9. The molecule has 0 radical (unpaired) electrons. The van der Waals surface area contributed by atoms with E-state index in [1.807, 2.05) is 0 Å². The number of nitrogens with two attached hydrogens (primary N) is 1. The highest BCUT2D eigenvalue weighted by atomic mass is 32.2. The van der Waals surface area contributed by atoms with Crippen molar-refractivity contribution >= 4 is 57.7 Å². The average molecular weight is 453 g/mol. The largest absolute Gasteiger partial charge is 0.479 e. The maximum Gasteiger partial charge on any atom is 0.355 e. The third-order valence-corrected chi connectivity index (χ3v) is 6.11. The van der Waals surface area contributed by atoms with Crippen LogP contribution >= 0.6 is 23.1 Å². The molecule has 1 aromatic rings. The first kappa shape index (κ1) is 21.3. The predicted octanol–water partition coefficient (Wildman–Crippen LogP) is -0.629. The molecule has 0 spiro atoms. The van der Waals surface area contributed by atoms with Crippen LogP contribution < -0.4 is 11.1 Å². The van der Waals surface area contributed by atoms with Gasteiger partial charge in [-0.1, -0.05) is 17.8 Å². The molecule has 2 atom stereocenters. The van der Waals surface area contributed by atoms with Gasteiger partial charge in [-0.05, 0) is 5.57 Å². The summed E-state index contributed by atoms with van der Waals surface area (Å²) in [7, 11) is 0. The molecule has 5 N–H and O–H groups in total. The van der Waals surface area contributed by atoms with Crippen LogP contribution in [0.15, 0.2) is 34.5 Å². The summed E-state index contributed by atoms with van der Waals surface area (Å²) in [5, 5.41) is 24.2. The van der Waals surface area contributed by atoms with Crippen LogP contribution in [-0.2, 0) is 23.9 Å². The number of amides is 2. The van der Waals surface area contributed by atoms with Crippen LogP contribution in [0.25, 0.3) is 0 Å². The van der Waals surface area contributed by atoms with E-state index in [1.165, 1.54) is 23.2 Å². The summed E-state index contributed by atoms with van der Waals surface area (Å²) < 4.78 is 4.70. The highest BCUT2D eigenvalue weighted by molar-refractivity contribution is 8.00. The second-order valence-electron chi connectivity index (χ2n) is 5.93. The molecule has 2 aliphatic rings. The highest BCUT2D eigenvalue weighted by Crippen LogP contribution is 2.40. The number of oxime groups is 1. The van der Waals surface area contributed by atoms with Crippen LogP contribution in [0.2, 0.25) is 0 Å². The van der Waals surface area contributed by atoms with Crippen LogP contribution in [0.5, 0.6) is 0 Å². The minimum absolute atomic E-state index is 0.0456. The van der Waals surface area contributed by atoms with Gasteiger partial charge in [0.25, 0.3) is 11.8 Å². The molecule has 14 heteroatoms. The number of hydrogen-bond donors (Lipinski definition) is 4. The van der Waals surface area contributed by atoms with Crippen molar-refractivity contribution in [2.24, 2.45) is 5.16 Å². The van der Waals surface area contributed by atoms with Crippen LogP contribution in [0, 0.1) is 0 Å². The Bertz CT molecular complexity index is 1000. The number of hydrogen-bond acceptors (Lipinski definition) is 11. The molecular formula is C16H15N5O7S2. The monoisotopic (exact) mass is 453 g/mol. The van der Waals surface area contributed by atoms with Crippen molar-refractivity contribution in [2.75, 3.05) is 18.1 Å². The molecule has 0 aliphatic carbocycles. The summed E-state index contributed by atoms with van der Waals surface area (Å²) in [6.45, 7) is 2.73. The molecule has 12 nitrogen and oxygen atoms in total. The van der Waals surface area contributed by atoms with Gasteiger partial charge in [0.05, 0.1) is 0 Å². The number of fused-ring (bicyclic) bond motifs is 1. The Morgan fingerprint density at radius 3 is 2.80 bits per heavy atom. The van der Waals surface area contributed by atoms with Gasteiger partial charge < -0.3 is 26.1 Å². The number of ether oxygens (including phenoxy) is 1. The van der Waals surface area contributed by atoms with Gasteiger partial charge in [0.2, 0.25) is 0 Å².